The summed E-state index contributed by atoms with van der Waals surface area (Å²) in [6.07, 6.45) is 0.975. The molecule has 4 N–H and O–H groups in total. The van der Waals surface area contributed by atoms with Crippen LogP contribution in [0.15, 0.2) is 0 Å². The van der Waals surface area contributed by atoms with E-state index in [1.54, 1.807) is 27.8 Å². The highest BCUT2D eigenvalue weighted by Crippen LogP contribution is 2.06. The summed E-state index contributed by atoms with van der Waals surface area (Å²) in [5, 5.41) is 16.7. The number of carboxylic acids is 1. The first-order chi connectivity index (χ1) is 10.2. The van der Waals surface area contributed by atoms with Crippen LogP contribution in [0.2, 0.25) is 0 Å². The van der Waals surface area contributed by atoms with Gasteiger partial charge in [0.2, 0.25) is 5.91 Å². The van der Waals surface area contributed by atoms with Crippen molar-refractivity contribution in [3.8, 4) is 0 Å². The molecular formula is C14H27N3O5. The number of carbonyl (C=O) groups is 3. The average Bonchev–Trinajstić information content (AvgIpc) is 2.34. The first-order valence-corrected chi connectivity index (χ1v) is 7.29. The number of carbonyl (C=O) groups excluding carboxylic acids is 2. The average molecular weight is 317 g/mol. The fourth-order valence-corrected chi connectivity index (χ4v) is 1.64. The number of nitrogens with one attached hydrogen (secondary N) is 3. The molecule has 0 radical (unpaired) electrons. The van der Waals surface area contributed by atoms with E-state index in [2.05, 4.69) is 16.0 Å². The quantitative estimate of drug-likeness (QED) is 0.459. The van der Waals surface area contributed by atoms with Gasteiger partial charge in [-0.05, 0) is 47.1 Å². The number of hydrogen-bond donors (Lipinski definition) is 4. The fourth-order valence-electron chi connectivity index (χ4n) is 1.64. The minimum Gasteiger partial charge on any atom is -0.480 e. The van der Waals surface area contributed by atoms with E-state index in [1.807, 2.05) is 0 Å². The van der Waals surface area contributed by atoms with Gasteiger partial charge in [0.1, 0.15) is 11.6 Å². The summed E-state index contributed by atoms with van der Waals surface area (Å²) in [7, 11) is 1.61. The second-order valence-corrected chi connectivity index (χ2v) is 5.91. The Hall–Kier alpha value is -1.83. The van der Waals surface area contributed by atoms with Crippen molar-refractivity contribution in [1.82, 2.24) is 16.0 Å². The van der Waals surface area contributed by atoms with E-state index in [-0.39, 0.29) is 12.5 Å². The van der Waals surface area contributed by atoms with Crippen molar-refractivity contribution in [3.05, 3.63) is 0 Å². The molecule has 0 saturated heterocycles. The zero-order valence-electron chi connectivity index (χ0n) is 13.7. The summed E-state index contributed by atoms with van der Waals surface area (Å²) in [4.78, 5) is 33.8. The second kappa shape index (κ2) is 9.99. The zero-order chi connectivity index (χ0) is 17.2. The molecule has 0 spiro atoms. The van der Waals surface area contributed by atoms with Gasteiger partial charge in [0.05, 0.1) is 6.54 Å². The number of unbranched alkanes of at least 4 members (excludes halogenated alkanes) is 1. The minimum atomic E-state index is -1.07. The molecule has 0 saturated carbocycles. The van der Waals surface area contributed by atoms with E-state index < -0.39 is 23.7 Å². The van der Waals surface area contributed by atoms with Gasteiger partial charge in [-0.2, -0.15) is 0 Å². The Balaban J connectivity index is 3.93. The van der Waals surface area contributed by atoms with Crippen LogP contribution in [-0.2, 0) is 14.3 Å². The first kappa shape index (κ1) is 20.2. The van der Waals surface area contributed by atoms with E-state index in [4.69, 9.17) is 9.84 Å². The van der Waals surface area contributed by atoms with Crippen LogP contribution in [0.1, 0.15) is 40.0 Å². The number of ether oxygens (including phenoxy) is 1. The van der Waals surface area contributed by atoms with Crippen molar-refractivity contribution in [1.29, 1.82) is 0 Å². The molecule has 22 heavy (non-hydrogen) atoms. The Bertz CT molecular complexity index is 379. The number of aliphatic carboxylic acids is 1. The van der Waals surface area contributed by atoms with Gasteiger partial charge >= 0.3 is 12.1 Å². The number of carboxylic acid groups (broad SMARTS) is 1. The van der Waals surface area contributed by atoms with E-state index in [0.29, 0.717) is 25.8 Å². The minimum absolute atomic E-state index is 0.0734. The summed E-state index contributed by atoms with van der Waals surface area (Å²) in [6, 6.07) is -0.914. The predicted molar refractivity (Wildman–Crippen MR) is 81.6 cm³/mol. The maximum Gasteiger partial charge on any atom is 0.407 e. The molecule has 0 rings (SSSR count). The third kappa shape index (κ3) is 10.9. The molecule has 8 heteroatoms. The number of amides is 2. The Morgan fingerprint density at radius 3 is 2.32 bits per heavy atom. The molecule has 0 aromatic rings. The van der Waals surface area contributed by atoms with Gasteiger partial charge in [0.25, 0.3) is 0 Å². The molecule has 0 aliphatic rings. The van der Waals surface area contributed by atoms with E-state index in [0.717, 1.165) is 0 Å². The zero-order valence-corrected chi connectivity index (χ0v) is 13.7. The highest BCUT2D eigenvalue weighted by molar-refractivity contribution is 5.84. The van der Waals surface area contributed by atoms with Crippen LogP contribution in [0.3, 0.4) is 0 Å². The number of hydrogen-bond acceptors (Lipinski definition) is 5. The fraction of sp³-hybridized carbons (Fsp3) is 0.786. The molecule has 0 bridgehead atoms. The number of alkyl carbamates (subject to hydrolysis) is 1. The van der Waals surface area contributed by atoms with Gasteiger partial charge in [0.15, 0.2) is 0 Å². The lowest BCUT2D eigenvalue weighted by Gasteiger charge is -2.19. The summed E-state index contributed by atoms with van der Waals surface area (Å²) >= 11 is 0. The van der Waals surface area contributed by atoms with Crippen LogP contribution in [0.5, 0.6) is 0 Å². The maximum absolute atomic E-state index is 11.4. The maximum atomic E-state index is 11.4. The second-order valence-electron chi connectivity index (χ2n) is 5.91. The molecule has 128 valence electrons. The standard InChI is InChI=1S/C14H27N3O5/c1-14(2,3)22-13(21)16-8-6-5-7-10(12(19)20)17-11(18)9-15-4/h10,15H,5-9H2,1-4H3,(H,16,21)(H,17,18)(H,19,20)/t10-/m0/s1. The molecule has 0 aliphatic carbocycles. The van der Waals surface area contributed by atoms with Crippen molar-refractivity contribution in [2.45, 2.75) is 51.7 Å². The Labute approximate surface area is 131 Å². The van der Waals surface area contributed by atoms with Gasteiger partial charge in [0, 0.05) is 6.54 Å². The lowest BCUT2D eigenvalue weighted by Crippen LogP contribution is -2.44. The predicted octanol–water partition coefficient (Wildman–Crippen LogP) is 0.470. The lowest BCUT2D eigenvalue weighted by atomic mass is 10.1. The molecule has 0 heterocycles. The van der Waals surface area contributed by atoms with E-state index in [9.17, 15) is 14.4 Å². The van der Waals surface area contributed by atoms with Gasteiger partial charge < -0.3 is 25.8 Å². The van der Waals surface area contributed by atoms with Gasteiger partial charge in [-0.25, -0.2) is 9.59 Å². The van der Waals surface area contributed by atoms with Gasteiger partial charge in [-0.1, -0.05) is 0 Å². The molecule has 2 amide bonds. The Kier molecular flexibility index (Phi) is 9.16. The molecule has 0 aromatic carbocycles. The Morgan fingerprint density at radius 1 is 1.18 bits per heavy atom. The molecular weight excluding hydrogens is 290 g/mol. The van der Waals surface area contributed by atoms with Crippen LogP contribution < -0.4 is 16.0 Å². The molecule has 1 atom stereocenters. The van der Waals surface area contributed by atoms with Crippen molar-refractivity contribution in [3.63, 3.8) is 0 Å². The van der Waals surface area contributed by atoms with Crippen molar-refractivity contribution >= 4 is 18.0 Å². The van der Waals surface area contributed by atoms with Crippen molar-refractivity contribution in [2.24, 2.45) is 0 Å². The molecule has 0 aromatic heterocycles. The van der Waals surface area contributed by atoms with Crippen molar-refractivity contribution < 1.29 is 24.2 Å². The van der Waals surface area contributed by atoms with Crippen molar-refractivity contribution in [2.75, 3.05) is 20.1 Å². The normalized spacial score (nSPS) is 12.4. The summed E-state index contributed by atoms with van der Waals surface area (Å²) in [6.45, 7) is 5.79. The highest BCUT2D eigenvalue weighted by Gasteiger charge is 2.19. The highest BCUT2D eigenvalue weighted by atomic mass is 16.6. The van der Waals surface area contributed by atoms with Crippen LogP contribution in [0.25, 0.3) is 0 Å². The van der Waals surface area contributed by atoms with Gasteiger partial charge in [-0.15, -0.1) is 0 Å². The molecule has 0 unspecified atom stereocenters. The summed E-state index contributed by atoms with van der Waals surface area (Å²) in [5.41, 5.74) is -0.546. The van der Waals surface area contributed by atoms with Crippen LogP contribution in [-0.4, -0.2) is 54.9 Å². The van der Waals surface area contributed by atoms with E-state index >= 15 is 0 Å². The SMILES string of the molecule is CNCC(=O)N[C@@H](CCCCNC(=O)OC(C)(C)C)C(=O)O. The van der Waals surface area contributed by atoms with Crippen LogP contribution in [0.4, 0.5) is 4.79 Å². The lowest BCUT2D eigenvalue weighted by molar-refractivity contribution is -0.141. The molecule has 0 aliphatic heterocycles. The summed E-state index contributed by atoms with van der Waals surface area (Å²) < 4.78 is 5.08. The monoisotopic (exact) mass is 317 g/mol. The van der Waals surface area contributed by atoms with Gasteiger partial charge in [-0.3, -0.25) is 4.79 Å². The van der Waals surface area contributed by atoms with Crippen LogP contribution in [0, 0.1) is 0 Å². The number of rotatable bonds is 9. The topological polar surface area (TPSA) is 117 Å². The van der Waals surface area contributed by atoms with Crippen LogP contribution >= 0.6 is 0 Å². The molecule has 0 fully saturated rings. The molecule has 8 nitrogen and oxygen atoms in total. The first-order valence-electron chi connectivity index (χ1n) is 7.29. The van der Waals surface area contributed by atoms with E-state index in [1.165, 1.54) is 0 Å². The third-order valence-corrected chi connectivity index (χ3v) is 2.56. The smallest absolute Gasteiger partial charge is 0.407 e. The third-order valence-electron chi connectivity index (χ3n) is 2.56. The summed E-state index contributed by atoms with van der Waals surface area (Å²) in [5.74, 6) is -1.42. The number of likely N-dealkylation sites (N-methyl/N-ethyl adjacent to an activating group) is 1. The largest absolute Gasteiger partial charge is 0.480 e. The Morgan fingerprint density at radius 2 is 1.82 bits per heavy atom.